The normalized spacial score (nSPS) is 18.8. The fourth-order valence-electron chi connectivity index (χ4n) is 4.89. The van der Waals surface area contributed by atoms with Crippen LogP contribution in [-0.2, 0) is 19.1 Å². The minimum absolute atomic E-state index is 0.275. The van der Waals surface area contributed by atoms with Crippen molar-refractivity contribution < 1.29 is 38.9 Å². The number of terminal acetylenes is 1. The molecule has 15 heteroatoms. The van der Waals surface area contributed by atoms with Crippen LogP contribution in [-0.4, -0.2) is 105 Å². The summed E-state index contributed by atoms with van der Waals surface area (Å²) < 4.78 is 10.8. The quantitative estimate of drug-likeness (QED) is 0.203. The SMILES string of the molecule is C#C[C@]1(O)CCN(C)C1=O.CCOC(=O)c1csc(-c2cccc(Br)c2)n1.CCOC(=O)c1csc(-c2cccc(C#C[C@]3(O)CCN(C)C3=O)c2)n1. The number of carbonyl (C=O) groups is 4. The highest BCUT2D eigenvalue weighted by Crippen LogP contribution is 2.27. The van der Waals surface area contributed by atoms with E-state index in [1.165, 1.54) is 32.5 Å². The minimum Gasteiger partial charge on any atom is -0.461 e. The average molecular weight is 822 g/mol. The van der Waals surface area contributed by atoms with E-state index in [0.29, 0.717) is 55.4 Å². The van der Waals surface area contributed by atoms with Crippen LogP contribution in [0.15, 0.2) is 63.8 Å². The Bertz CT molecular complexity index is 2080. The number of hydrogen-bond acceptors (Lipinski definition) is 12. The average Bonchev–Trinajstić information content (AvgIpc) is 3.96. The Morgan fingerprint density at radius 3 is 1.77 bits per heavy atom. The molecule has 0 bridgehead atoms. The molecule has 53 heavy (non-hydrogen) atoms. The molecule has 0 unspecified atom stereocenters. The number of nitrogens with zero attached hydrogens (tertiary/aromatic N) is 4. The number of carbonyl (C=O) groups excluding carboxylic acids is 4. The Hall–Kier alpha value is -4.90. The van der Waals surface area contributed by atoms with Gasteiger partial charge in [0, 0.05) is 71.9 Å². The van der Waals surface area contributed by atoms with Crippen LogP contribution in [0.25, 0.3) is 21.1 Å². The number of halogens is 1. The molecule has 2 aliphatic heterocycles. The molecule has 2 aromatic carbocycles. The maximum absolute atomic E-state index is 12.0. The van der Waals surface area contributed by atoms with Crippen LogP contribution in [0.3, 0.4) is 0 Å². The van der Waals surface area contributed by atoms with Crippen molar-refractivity contribution in [2.75, 3.05) is 40.4 Å². The summed E-state index contributed by atoms with van der Waals surface area (Å²) in [6, 6.07) is 15.1. The highest BCUT2D eigenvalue weighted by atomic mass is 79.9. The van der Waals surface area contributed by atoms with Crippen LogP contribution in [0.2, 0.25) is 0 Å². The largest absolute Gasteiger partial charge is 0.461 e. The number of aliphatic hydroxyl groups is 2. The van der Waals surface area contributed by atoms with E-state index in [2.05, 4.69) is 43.7 Å². The number of thiazole rings is 2. The Labute approximate surface area is 323 Å². The molecular formula is C38H37BrN4O8S2. The predicted molar refractivity (Wildman–Crippen MR) is 205 cm³/mol. The fourth-order valence-corrected chi connectivity index (χ4v) is 6.87. The summed E-state index contributed by atoms with van der Waals surface area (Å²) in [7, 11) is 3.27. The van der Waals surface area contributed by atoms with Gasteiger partial charge in [-0.15, -0.1) is 29.1 Å². The molecule has 2 aliphatic rings. The first-order valence-corrected chi connectivity index (χ1v) is 18.9. The van der Waals surface area contributed by atoms with Gasteiger partial charge in [0.25, 0.3) is 11.8 Å². The van der Waals surface area contributed by atoms with E-state index < -0.39 is 17.2 Å². The summed E-state index contributed by atoms with van der Waals surface area (Å²) in [5.41, 5.74) is -0.0491. The maximum atomic E-state index is 12.0. The number of likely N-dealkylation sites (tertiary alicyclic amines) is 2. The molecule has 2 atom stereocenters. The molecule has 276 valence electrons. The van der Waals surface area contributed by atoms with Crippen molar-refractivity contribution >= 4 is 62.4 Å². The van der Waals surface area contributed by atoms with Gasteiger partial charge in [-0.05, 0) is 38.1 Å². The lowest BCUT2D eigenvalue weighted by Gasteiger charge is -2.13. The number of hydrogen-bond donors (Lipinski definition) is 2. The summed E-state index contributed by atoms with van der Waals surface area (Å²) in [5, 5.41) is 24.5. The predicted octanol–water partition coefficient (Wildman–Crippen LogP) is 4.89. The molecule has 4 aromatic rings. The lowest BCUT2D eigenvalue weighted by Crippen LogP contribution is -2.37. The molecule has 0 spiro atoms. The van der Waals surface area contributed by atoms with E-state index in [-0.39, 0.29) is 23.5 Å². The molecule has 4 heterocycles. The number of likely N-dealkylation sites (N-methyl/N-ethyl adjacent to an activating group) is 2. The second kappa shape index (κ2) is 18.2. The van der Waals surface area contributed by atoms with Gasteiger partial charge in [-0.25, -0.2) is 19.6 Å². The molecular weight excluding hydrogens is 784 g/mol. The molecule has 12 nitrogen and oxygen atoms in total. The smallest absolute Gasteiger partial charge is 0.357 e. The van der Waals surface area contributed by atoms with E-state index in [9.17, 15) is 29.4 Å². The molecule has 0 aliphatic carbocycles. The van der Waals surface area contributed by atoms with Crippen molar-refractivity contribution in [1.82, 2.24) is 19.8 Å². The molecule has 2 aromatic heterocycles. The molecule has 2 fully saturated rings. The number of ether oxygens (including phenoxy) is 2. The first-order chi connectivity index (χ1) is 25.2. The molecule has 2 amide bonds. The van der Waals surface area contributed by atoms with Gasteiger partial charge in [-0.1, -0.05) is 58.0 Å². The Morgan fingerprint density at radius 1 is 0.849 bits per heavy atom. The highest BCUT2D eigenvalue weighted by molar-refractivity contribution is 9.10. The summed E-state index contributed by atoms with van der Waals surface area (Å²) in [6.45, 7) is 5.21. The summed E-state index contributed by atoms with van der Waals surface area (Å²) in [6.07, 6.45) is 5.62. The molecule has 6 rings (SSSR count). The molecule has 0 saturated carbocycles. The van der Waals surface area contributed by atoms with Gasteiger partial charge in [-0.2, -0.15) is 0 Å². The fraction of sp³-hybridized carbons (Fsp3) is 0.316. The van der Waals surface area contributed by atoms with Gasteiger partial charge in [0.1, 0.15) is 10.0 Å². The standard InChI is InChI=1S/C19H18N2O4S.C12H10BrNO2S.C7H9NO2/c1-3-25-17(22)15-12-26-16(20-15)14-6-4-5-13(11-14)7-8-19(24)9-10-21(2)18(19)23;1-2-16-12(15)10-7-17-11(14-10)8-4-3-5-9(13)6-8;1-3-7(10)4-5-8(2)6(7)9/h4-6,11-12,24H,3,9-10H2,1-2H3;3-7H,2H2,1H3;1,10H,4-5H2,2H3/t19-;;7-/m0.0/s1. The third-order valence-corrected chi connectivity index (χ3v) is 10.1. The molecule has 2 N–H and O–H groups in total. The number of benzene rings is 2. The minimum atomic E-state index is -1.62. The van der Waals surface area contributed by atoms with E-state index >= 15 is 0 Å². The zero-order valence-corrected chi connectivity index (χ0v) is 32.6. The topological polar surface area (TPSA) is 159 Å². The summed E-state index contributed by atoms with van der Waals surface area (Å²) in [4.78, 5) is 57.6. The monoisotopic (exact) mass is 820 g/mol. The van der Waals surface area contributed by atoms with Gasteiger partial charge >= 0.3 is 11.9 Å². The van der Waals surface area contributed by atoms with Crippen molar-refractivity contribution in [1.29, 1.82) is 0 Å². The number of amides is 2. The third-order valence-electron chi connectivity index (χ3n) is 7.83. The zero-order chi connectivity index (χ0) is 38.8. The lowest BCUT2D eigenvalue weighted by molar-refractivity contribution is -0.138. The second-order valence-electron chi connectivity index (χ2n) is 11.7. The first-order valence-electron chi connectivity index (χ1n) is 16.3. The van der Waals surface area contributed by atoms with Crippen molar-refractivity contribution in [3.05, 3.63) is 80.7 Å². The Balaban J connectivity index is 0.000000198. The summed E-state index contributed by atoms with van der Waals surface area (Å²) in [5.74, 6) is 6.10. The van der Waals surface area contributed by atoms with Crippen molar-refractivity contribution in [3.8, 4) is 45.3 Å². The Morgan fingerprint density at radius 2 is 1.34 bits per heavy atom. The van der Waals surface area contributed by atoms with E-state index in [1.54, 1.807) is 44.8 Å². The second-order valence-corrected chi connectivity index (χ2v) is 14.3. The number of esters is 2. The first kappa shape index (κ1) is 40.9. The number of rotatable bonds is 6. The van der Waals surface area contributed by atoms with Gasteiger partial charge < -0.3 is 29.5 Å². The van der Waals surface area contributed by atoms with Crippen LogP contribution in [0, 0.1) is 24.2 Å². The van der Waals surface area contributed by atoms with Gasteiger partial charge in [0.05, 0.1) is 13.2 Å². The summed E-state index contributed by atoms with van der Waals surface area (Å²) >= 11 is 6.18. The van der Waals surface area contributed by atoms with Gasteiger partial charge in [0.15, 0.2) is 11.4 Å². The van der Waals surface area contributed by atoms with Crippen LogP contribution in [0.1, 0.15) is 53.2 Å². The van der Waals surface area contributed by atoms with E-state index in [0.717, 1.165) is 20.6 Å². The van der Waals surface area contributed by atoms with Gasteiger partial charge in [0.2, 0.25) is 11.2 Å². The van der Waals surface area contributed by atoms with E-state index in [1.807, 2.05) is 42.5 Å². The van der Waals surface area contributed by atoms with Crippen LogP contribution in [0.5, 0.6) is 0 Å². The molecule has 2 saturated heterocycles. The van der Waals surface area contributed by atoms with E-state index in [4.69, 9.17) is 15.9 Å². The van der Waals surface area contributed by atoms with Crippen LogP contribution in [0.4, 0.5) is 0 Å². The zero-order valence-electron chi connectivity index (χ0n) is 29.4. The van der Waals surface area contributed by atoms with Crippen LogP contribution < -0.4 is 0 Å². The van der Waals surface area contributed by atoms with Gasteiger partial charge in [-0.3, -0.25) is 9.59 Å². The lowest BCUT2D eigenvalue weighted by atomic mass is 10.0. The third kappa shape index (κ3) is 10.4. The van der Waals surface area contributed by atoms with Crippen molar-refractivity contribution in [3.63, 3.8) is 0 Å². The van der Waals surface area contributed by atoms with Crippen LogP contribution >= 0.6 is 38.6 Å². The maximum Gasteiger partial charge on any atom is 0.357 e. The highest BCUT2D eigenvalue weighted by Gasteiger charge is 2.43. The Kier molecular flexibility index (Phi) is 14.1. The number of aromatic nitrogens is 2. The molecule has 0 radical (unpaired) electrons. The van der Waals surface area contributed by atoms with Crippen molar-refractivity contribution in [2.24, 2.45) is 0 Å². The van der Waals surface area contributed by atoms with Crippen molar-refractivity contribution in [2.45, 2.75) is 37.9 Å².